The molecule has 0 aliphatic heterocycles. The highest BCUT2D eigenvalue weighted by Gasteiger charge is 2.30. The van der Waals surface area contributed by atoms with Crippen LogP contribution in [0.25, 0.3) is 0 Å². The molecule has 0 spiro atoms. The number of likely N-dealkylation sites (N-methyl/N-ethyl adjacent to an activating group) is 1. The summed E-state index contributed by atoms with van der Waals surface area (Å²) < 4.78 is 5.87. The minimum atomic E-state index is -1.36. The minimum Gasteiger partial charge on any atom is -0.489 e. The van der Waals surface area contributed by atoms with Crippen molar-refractivity contribution in [3.8, 4) is 5.75 Å². The fraction of sp³-hybridized carbons (Fsp3) is 0.226. The first-order chi connectivity index (χ1) is 20.3. The van der Waals surface area contributed by atoms with E-state index in [-0.39, 0.29) is 25.4 Å². The number of carbonyl (C=O) groups is 3. The molecule has 1 atom stereocenters. The molecule has 0 bridgehead atoms. The summed E-state index contributed by atoms with van der Waals surface area (Å²) in [6.07, 6.45) is 1.64. The molecule has 218 valence electrons. The number of hydrogen-bond donors (Lipinski definition) is 3. The summed E-state index contributed by atoms with van der Waals surface area (Å²) in [5, 5.41) is 12.2. The molecule has 0 aliphatic rings. The van der Waals surface area contributed by atoms with E-state index in [2.05, 4.69) is 15.3 Å². The predicted molar refractivity (Wildman–Crippen MR) is 159 cm³/mol. The Bertz CT molecular complexity index is 1460. The third kappa shape index (κ3) is 8.34. The highest BCUT2D eigenvalue weighted by molar-refractivity contribution is 6.33. The Balaban J connectivity index is 1.55. The zero-order valence-corrected chi connectivity index (χ0v) is 23.8. The molecule has 11 heteroatoms. The molecule has 0 aliphatic carbocycles. The van der Waals surface area contributed by atoms with Gasteiger partial charge in [-0.3, -0.25) is 9.59 Å². The summed E-state index contributed by atoms with van der Waals surface area (Å²) in [4.78, 5) is 48.7. The lowest BCUT2D eigenvalue weighted by molar-refractivity contribution is -0.137. The number of ether oxygens (including phenoxy) is 1. The van der Waals surface area contributed by atoms with Gasteiger partial charge in [0.15, 0.2) is 0 Å². The van der Waals surface area contributed by atoms with Crippen LogP contribution in [-0.2, 0) is 29.2 Å². The lowest BCUT2D eigenvalue weighted by Gasteiger charge is -2.30. The van der Waals surface area contributed by atoms with Crippen molar-refractivity contribution in [1.29, 1.82) is 0 Å². The molecule has 3 N–H and O–H groups in total. The van der Waals surface area contributed by atoms with Crippen molar-refractivity contribution in [3.63, 3.8) is 0 Å². The van der Waals surface area contributed by atoms with Gasteiger partial charge in [-0.2, -0.15) is 0 Å². The number of anilines is 1. The van der Waals surface area contributed by atoms with Crippen molar-refractivity contribution < 1.29 is 24.2 Å². The van der Waals surface area contributed by atoms with Crippen LogP contribution >= 0.6 is 11.6 Å². The summed E-state index contributed by atoms with van der Waals surface area (Å²) in [6.45, 7) is 2.30. The van der Waals surface area contributed by atoms with Crippen molar-refractivity contribution in [2.45, 2.75) is 32.5 Å². The first-order valence-electron chi connectivity index (χ1n) is 13.4. The van der Waals surface area contributed by atoms with Crippen molar-refractivity contribution in [2.75, 3.05) is 18.0 Å². The maximum atomic E-state index is 13.8. The van der Waals surface area contributed by atoms with Crippen LogP contribution < -0.4 is 15.0 Å². The Morgan fingerprint density at radius 3 is 2.36 bits per heavy atom. The van der Waals surface area contributed by atoms with Gasteiger partial charge in [0, 0.05) is 31.4 Å². The Labute approximate surface area is 248 Å². The number of imidazole rings is 1. The first-order valence-corrected chi connectivity index (χ1v) is 13.8. The molecule has 1 unspecified atom stereocenters. The molecule has 0 saturated heterocycles. The number of hydrogen-bond acceptors (Lipinski definition) is 5. The number of carboxylic acid groups (broad SMARTS) is 1. The molecule has 0 radical (unpaired) electrons. The standard InChI is InChI=1S/C31H32ClN5O5/c1-2-37(28-11-7-6-10-26(28)32)29(38)19-36(30(39)27(35-31(40)41)16-24-17-33-21-34-24)18-22-12-14-25(15-13-22)42-20-23-8-4-3-5-9-23/h3-15,17,21,27,35H,2,16,18-20H2,1H3,(H,33,34)(H,40,41). The number of rotatable bonds is 13. The Morgan fingerprint density at radius 2 is 1.71 bits per heavy atom. The van der Waals surface area contributed by atoms with E-state index in [1.54, 1.807) is 36.4 Å². The van der Waals surface area contributed by atoms with Crippen LogP contribution in [-0.4, -0.2) is 57.0 Å². The summed E-state index contributed by atoms with van der Waals surface area (Å²) in [5.41, 5.74) is 2.86. The van der Waals surface area contributed by atoms with E-state index < -0.39 is 18.0 Å². The van der Waals surface area contributed by atoms with Gasteiger partial charge in [0.05, 0.1) is 17.0 Å². The number of halogens is 1. The predicted octanol–water partition coefficient (Wildman–Crippen LogP) is 4.90. The van der Waals surface area contributed by atoms with Gasteiger partial charge in [0.25, 0.3) is 0 Å². The average molecular weight is 590 g/mol. The molecule has 3 aromatic carbocycles. The Morgan fingerprint density at radius 1 is 1.00 bits per heavy atom. The molecule has 4 aromatic rings. The molecule has 4 rings (SSSR count). The Kier molecular flexibility index (Phi) is 10.5. The Hall–Kier alpha value is -4.83. The number of aromatic amines is 1. The van der Waals surface area contributed by atoms with Crippen LogP contribution in [0.1, 0.15) is 23.7 Å². The second-order valence-electron chi connectivity index (χ2n) is 9.48. The summed E-state index contributed by atoms with van der Waals surface area (Å²) >= 11 is 6.37. The van der Waals surface area contributed by atoms with E-state index in [4.69, 9.17) is 16.3 Å². The van der Waals surface area contributed by atoms with Gasteiger partial charge in [-0.25, -0.2) is 9.78 Å². The molecular weight excluding hydrogens is 558 g/mol. The first kappa shape index (κ1) is 30.1. The molecule has 10 nitrogen and oxygen atoms in total. The van der Waals surface area contributed by atoms with Gasteiger partial charge < -0.3 is 29.9 Å². The number of H-pyrrole nitrogens is 1. The van der Waals surface area contributed by atoms with Gasteiger partial charge >= 0.3 is 6.09 Å². The normalized spacial score (nSPS) is 11.4. The number of aromatic nitrogens is 2. The van der Waals surface area contributed by atoms with E-state index in [0.717, 1.165) is 11.1 Å². The smallest absolute Gasteiger partial charge is 0.405 e. The second kappa shape index (κ2) is 14.7. The van der Waals surface area contributed by atoms with E-state index in [0.29, 0.717) is 35.3 Å². The van der Waals surface area contributed by atoms with Crippen LogP contribution in [0.5, 0.6) is 5.75 Å². The third-order valence-corrected chi connectivity index (χ3v) is 6.84. The number of carbonyl (C=O) groups excluding carboxylic acids is 2. The fourth-order valence-corrected chi connectivity index (χ4v) is 4.69. The molecule has 1 heterocycles. The van der Waals surface area contributed by atoms with Crippen molar-refractivity contribution in [1.82, 2.24) is 20.2 Å². The van der Waals surface area contributed by atoms with Gasteiger partial charge in [-0.1, -0.05) is 66.2 Å². The van der Waals surface area contributed by atoms with Gasteiger partial charge in [0.2, 0.25) is 11.8 Å². The van der Waals surface area contributed by atoms with Crippen LogP contribution in [0, 0.1) is 0 Å². The second-order valence-corrected chi connectivity index (χ2v) is 9.89. The van der Waals surface area contributed by atoms with E-state index >= 15 is 0 Å². The maximum absolute atomic E-state index is 13.8. The van der Waals surface area contributed by atoms with Crippen LogP contribution in [0.15, 0.2) is 91.4 Å². The molecule has 0 fully saturated rings. The highest BCUT2D eigenvalue weighted by atomic mass is 35.5. The number of nitrogens with one attached hydrogen (secondary N) is 2. The summed E-state index contributed by atoms with van der Waals surface area (Å²) in [7, 11) is 0. The van der Waals surface area contributed by atoms with Gasteiger partial charge in [-0.05, 0) is 42.3 Å². The van der Waals surface area contributed by atoms with E-state index in [9.17, 15) is 19.5 Å². The van der Waals surface area contributed by atoms with Crippen molar-refractivity contribution in [3.05, 3.63) is 113 Å². The molecule has 0 saturated carbocycles. The number of benzene rings is 3. The largest absolute Gasteiger partial charge is 0.489 e. The topological polar surface area (TPSA) is 128 Å². The van der Waals surface area contributed by atoms with Gasteiger partial charge in [-0.15, -0.1) is 0 Å². The maximum Gasteiger partial charge on any atom is 0.405 e. The number of nitrogens with zero attached hydrogens (tertiary/aromatic N) is 3. The quantitative estimate of drug-likeness (QED) is 0.203. The van der Waals surface area contributed by atoms with Crippen LogP contribution in [0.3, 0.4) is 0 Å². The van der Waals surface area contributed by atoms with Crippen LogP contribution in [0.2, 0.25) is 5.02 Å². The zero-order chi connectivity index (χ0) is 29.9. The number of para-hydroxylation sites is 1. The van der Waals surface area contributed by atoms with E-state index in [1.807, 2.05) is 49.4 Å². The minimum absolute atomic E-state index is 0.0318. The monoisotopic (exact) mass is 589 g/mol. The summed E-state index contributed by atoms with van der Waals surface area (Å²) in [6, 6.07) is 22.8. The third-order valence-electron chi connectivity index (χ3n) is 6.52. The van der Waals surface area contributed by atoms with Crippen LogP contribution in [0.4, 0.5) is 10.5 Å². The molecule has 42 heavy (non-hydrogen) atoms. The van der Waals surface area contributed by atoms with Crippen molar-refractivity contribution >= 4 is 35.2 Å². The zero-order valence-electron chi connectivity index (χ0n) is 23.1. The molecular formula is C31H32ClN5O5. The van der Waals surface area contributed by atoms with Crippen molar-refractivity contribution in [2.24, 2.45) is 0 Å². The highest BCUT2D eigenvalue weighted by Crippen LogP contribution is 2.25. The molecule has 1 aromatic heterocycles. The lowest BCUT2D eigenvalue weighted by atomic mass is 10.1. The van der Waals surface area contributed by atoms with Gasteiger partial charge in [0.1, 0.15) is 24.9 Å². The lowest BCUT2D eigenvalue weighted by Crippen LogP contribution is -2.52. The molecule has 3 amide bonds. The van der Waals surface area contributed by atoms with E-state index in [1.165, 1.54) is 22.3 Å². The number of amides is 3. The average Bonchev–Trinajstić information content (AvgIpc) is 3.50. The fourth-order valence-electron chi connectivity index (χ4n) is 4.45. The SMILES string of the molecule is CCN(C(=O)CN(Cc1ccc(OCc2ccccc2)cc1)C(=O)C(Cc1cnc[nH]1)NC(=O)O)c1ccccc1Cl. The summed E-state index contributed by atoms with van der Waals surface area (Å²) in [5.74, 6) is -0.269.